The smallest absolute Gasteiger partial charge is 0.262 e. The molecule has 0 aromatic carbocycles. The minimum Gasteiger partial charge on any atom is -0.350 e. The van der Waals surface area contributed by atoms with Crippen LogP contribution in [0.25, 0.3) is 0 Å². The minimum absolute atomic E-state index is 0.135. The summed E-state index contributed by atoms with van der Waals surface area (Å²) in [6, 6.07) is 0.404. The molecule has 1 aromatic rings. The van der Waals surface area contributed by atoms with E-state index in [1.807, 2.05) is 35.5 Å². The van der Waals surface area contributed by atoms with Crippen molar-refractivity contribution in [3.8, 4) is 0 Å². The maximum atomic E-state index is 11.9. The van der Waals surface area contributed by atoms with Crippen molar-refractivity contribution in [1.29, 1.82) is 0 Å². The molecule has 0 unspecified atom stereocenters. The van der Waals surface area contributed by atoms with E-state index in [1.54, 1.807) is 0 Å². The maximum absolute atomic E-state index is 11.9. The van der Waals surface area contributed by atoms with Crippen molar-refractivity contribution < 1.29 is 9.36 Å². The van der Waals surface area contributed by atoms with Crippen molar-refractivity contribution in [3.05, 3.63) is 18.2 Å². The van der Waals surface area contributed by atoms with Crippen LogP contribution in [0.2, 0.25) is 0 Å². The first kappa shape index (κ1) is 12.1. The van der Waals surface area contributed by atoms with Crippen molar-refractivity contribution in [2.24, 2.45) is 7.05 Å². The molecule has 4 nitrogen and oxygen atoms in total. The second-order valence-corrected chi connectivity index (χ2v) is 4.99. The summed E-state index contributed by atoms with van der Waals surface area (Å²) in [5.74, 6) is 1.24. The molecule has 1 aromatic heterocycles. The second kappa shape index (κ2) is 5.34. The van der Waals surface area contributed by atoms with Crippen molar-refractivity contribution in [2.45, 2.75) is 51.6 Å². The van der Waals surface area contributed by atoms with Gasteiger partial charge in [-0.2, -0.15) is 0 Å². The molecule has 1 amide bonds. The fourth-order valence-corrected chi connectivity index (χ4v) is 2.44. The molecule has 2 rings (SSSR count). The highest BCUT2D eigenvalue weighted by molar-refractivity contribution is 5.76. The molecule has 0 bridgehead atoms. The monoisotopic (exact) mass is 236 g/mol. The Hall–Kier alpha value is -1.32. The number of imidazole rings is 1. The van der Waals surface area contributed by atoms with Crippen LogP contribution in [-0.2, 0) is 18.4 Å². The molecule has 1 aliphatic carbocycles. The van der Waals surface area contributed by atoms with Crippen molar-refractivity contribution >= 4 is 5.91 Å². The van der Waals surface area contributed by atoms with Gasteiger partial charge in [-0.1, -0.05) is 19.3 Å². The summed E-state index contributed by atoms with van der Waals surface area (Å²) < 4.78 is 4.01. The van der Waals surface area contributed by atoms with Gasteiger partial charge in [0, 0.05) is 13.0 Å². The number of aryl methyl sites for hydroxylation is 1. The van der Waals surface area contributed by atoms with Crippen LogP contribution < -0.4 is 9.88 Å². The number of nitrogens with one attached hydrogen (secondary N) is 1. The average Bonchev–Trinajstić information content (AvgIpc) is 2.62. The van der Waals surface area contributed by atoms with Gasteiger partial charge in [-0.25, -0.2) is 9.13 Å². The zero-order valence-corrected chi connectivity index (χ0v) is 10.8. The third-order valence-corrected chi connectivity index (χ3v) is 3.68. The quantitative estimate of drug-likeness (QED) is 0.783. The van der Waals surface area contributed by atoms with Gasteiger partial charge in [0.1, 0.15) is 12.4 Å². The predicted octanol–water partition coefficient (Wildman–Crippen LogP) is 1.07. The van der Waals surface area contributed by atoms with Crippen molar-refractivity contribution in [2.75, 3.05) is 0 Å². The molecule has 4 heteroatoms. The van der Waals surface area contributed by atoms with Crippen LogP contribution in [0.4, 0.5) is 0 Å². The minimum atomic E-state index is 0.135. The van der Waals surface area contributed by atoms with Crippen LogP contribution in [0.5, 0.6) is 0 Å². The lowest BCUT2D eigenvalue weighted by Crippen LogP contribution is -2.39. The predicted molar refractivity (Wildman–Crippen MR) is 65.4 cm³/mol. The Morgan fingerprint density at radius 1 is 1.47 bits per heavy atom. The second-order valence-electron chi connectivity index (χ2n) is 4.99. The van der Waals surface area contributed by atoms with Gasteiger partial charge in [-0.15, -0.1) is 0 Å². The van der Waals surface area contributed by atoms with E-state index in [0.717, 1.165) is 18.7 Å². The summed E-state index contributed by atoms with van der Waals surface area (Å²) in [5.41, 5.74) is 0. The van der Waals surface area contributed by atoms with Crippen LogP contribution in [-0.4, -0.2) is 16.5 Å². The number of hydrogen-bond acceptors (Lipinski definition) is 1. The molecule has 0 radical (unpaired) electrons. The summed E-state index contributed by atoms with van der Waals surface area (Å²) in [4.78, 5) is 11.9. The van der Waals surface area contributed by atoms with Crippen molar-refractivity contribution in [1.82, 2.24) is 9.88 Å². The van der Waals surface area contributed by atoms with Crippen LogP contribution >= 0.6 is 0 Å². The Bertz CT molecular complexity index is 391. The van der Waals surface area contributed by atoms with Crippen LogP contribution in [0.3, 0.4) is 0 Å². The molecule has 0 saturated heterocycles. The fourth-order valence-electron chi connectivity index (χ4n) is 2.44. The summed E-state index contributed by atoms with van der Waals surface area (Å²) in [6.45, 7) is 2.46. The van der Waals surface area contributed by atoms with Gasteiger partial charge in [0.25, 0.3) is 11.7 Å². The first-order chi connectivity index (χ1) is 8.16. The zero-order valence-electron chi connectivity index (χ0n) is 10.8. The lowest BCUT2D eigenvalue weighted by atomic mass is 9.95. The van der Waals surface area contributed by atoms with Gasteiger partial charge in [0.15, 0.2) is 6.54 Å². The number of nitrogens with zero attached hydrogens (tertiary/aromatic N) is 2. The molecular formula is C13H22N3O+. The van der Waals surface area contributed by atoms with E-state index < -0.39 is 0 Å². The first-order valence-corrected chi connectivity index (χ1v) is 6.47. The van der Waals surface area contributed by atoms with Crippen LogP contribution in [0.15, 0.2) is 12.4 Å². The average molecular weight is 236 g/mol. The number of rotatable bonds is 3. The standard InChI is InChI=1S/C13H21N3O/c1-11-15(2)8-9-16(11)10-13(17)14-12-6-4-3-5-7-12/h8-9,12H,3-7,10H2,1-2H3/p+1. The highest BCUT2D eigenvalue weighted by atomic mass is 16.2. The largest absolute Gasteiger partial charge is 0.350 e. The Morgan fingerprint density at radius 2 is 2.18 bits per heavy atom. The van der Waals surface area contributed by atoms with Gasteiger partial charge in [-0.3, -0.25) is 4.79 Å². The molecule has 1 fully saturated rings. The van der Waals surface area contributed by atoms with Gasteiger partial charge in [0.05, 0.1) is 7.05 Å². The van der Waals surface area contributed by atoms with Gasteiger partial charge < -0.3 is 5.32 Å². The fraction of sp³-hybridized carbons (Fsp3) is 0.692. The highest BCUT2D eigenvalue weighted by Crippen LogP contribution is 2.17. The summed E-state index contributed by atoms with van der Waals surface area (Å²) in [7, 11) is 1.99. The number of hydrogen-bond donors (Lipinski definition) is 1. The summed E-state index contributed by atoms with van der Waals surface area (Å²) in [6.07, 6.45) is 10.0. The van der Waals surface area contributed by atoms with E-state index in [1.165, 1.54) is 19.3 Å². The Balaban J connectivity index is 1.86. The molecule has 1 N–H and O–H groups in total. The Kier molecular flexibility index (Phi) is 3.82. The highest BCUT2D eigenvalue weighted by Gasteiger charge is 2.18. The Labute approximate surface area is 103 Å². The summed E-state index contributed by atoms with van der Waals surface area (Å²) >= 11 is 0. The van der Waals surface area contributed by atoms with Crippen molar-refractivity contribution in [3.63, 3.8) is 0 Å². The van der Waals surface area contributed by atoms with E-state index in [-0.39, 0.29) is 5.91 Å². The molecule has 1 aliphatic rings. The molecule has 0 spiro atoms. The van der Waals surface area contributed by atoms with Gasteiger partial charge in [0.2, 0.25) is 0 Å². The van der Waals surface area contributed by atoms with E-state index in [4.69, 9.17) is 0 Å². The lowest BCUT2D eigenvalue weighted by Gasteiger charge is -2.22. The van der Waals surface area contributed by atoms with Gasteiger partial charge in [-0.05, 0) is 12.8 Å². The molecule has 0 aliphatic heterocycles. The topological polar surface area (TPSA) is 37.9 Å². The number of carbonyl (C=O) groups is 1. The van der Waals surface area contributed by atoms with Crippen LogP contribution in [0.1, 0.15) is 37.9 Å². The maximum Gasteiger partial charge on any atom is 0.262 e. The van der Waals surface area contributed by atoms with E-state index in [9.17, 15) is 4.79 Å². The normalized spacial score (nSPS) is 17.1. The number of amides is 1. The molecular weight excluding hydrogens is 214 g/mol. The SMILES string of the molecule is Cc1n(CC(=O)NC2CCCCC2)cc[n+]1C. The molecule has 17 heavy (non-hydrogen) atoms. The van der Waals surface area contributed by atoms with Gasteiger partial charge >= 0.3 is 0 Å². The van der Waals surface area contributed by atoms with E-state index in [0.29, 0.717) is 12.6 Å². The third-order valence-electron chi connectivity index (χ3n) is 3.68. The lowest BCUT2D eigenvalue weighted by molar-refractivity contribution is -0.677. The van der Waals surface area contributed by atoms with E-state index in [2.05, 4.69) is 5.32 Å². The molecule has 1 heterocycles. The zero-order chi connectivity index (χ0) is 12.3. The third kappa shape index (κ3) is 3.08. The molecule has 1 saturated carbocycles. The van der Waals surface area contributed by atoms with Crippen LogP contribution in [0, 0.1) is 6.92 Å². The number of aromatic nitrogens is 2. The summed E-state index contributed by atoms with van der Waals surface area (Å²) in [5, 5.41) is 3.13. The van der Waals surface area contributed by atoms with E-state index >= 15 is 0 Å². The Morgan fingerprint density at radius 3 is 2.76 bits per heavy atom. The first-order valence-electron chi connectivity index (χ1n) is 6.47. The number of carbonyl (C=O) groups excluding carboxylic acids is 1. The molecule has 0 atom stereocenters. The molecule has 94 valence electrons.